The molecule has 3 rings (SSSR count). The summed E-state index contributed by atoms with van der Waals surface area (Å²) in [6.45, 7) is 5.86. The SMILES string of the molecule is COc1cccc(CNC(=O)C(C)N2CCc3cnc(C)nc3C2)c1. The van der Waals surface area contributed by atoms with Gasteiger partial charge in [0.25, 0.3) is 0 Å². The van der Waals surface area contributed by atoms with Crippen LogP contribution in [0.1, 0.15) is 29.6 Å². The van der Waals surface area contributed by atoms with E-state index in [1.54, 1.807) is 7.11 Å². The Kier molecular flexibility index (Phi) is 5.28. The number of fused-ring (bicyclic) bond motifs is 1. The van der Waals surface area contributed by atoms with Crippen molar-refractivity contribution >= 4 is 5.91 Å². The monoisotopic (exact) mass is 340 g/mol. The maximum Gasteiger partial charge on any atom is 0.237 e. The van der Waals surface area contributed by atoms with Gasteiger partial charge in [0.15, 0.2) is 0 Å². The average molecular weight is 340 g/mol. The fourth-order valence-electron chi connectivity index (χ4n) is 3.04. The van der Waals surface area contributed by atoms with Gasteiger partial charge in [-0.25, -0.2) is 9.97 Å². The molecule has 0 spiro atoms. The number of aryl methyl sites for hydroxylation is 1. The van der Waals surface area contributed by atoms with Crippen LogP contribution in [-0.4, -0.2) is 40.5 Å². The van der Waals surface area contributed by atoms with E-state index in [1.807, 2.05) is 44.3 Å². The molecule has 0 radical (unpaired) electrons. The molecule has 0 fully saturated rings. The molecule has 1 aliphatic rings. The van der Waals surface area contributed by atoms with Crippen LogP contribution in [0.5, 0.6) is 5.75 Å². The molecular weight excluding hydrogens is 316 g/mol. The third-order valence-electron chi connectivity index (χ3n) is 4.62. The third-order valence-corrected chi connectivity index (χ3v) is 4.62. The summed E-state index contributed by atoms with van der Waals surface area (Å²) in [5, 5.41) is 3.01. The number of ether oxygens (including phenoxy) is 1. The summed E-state index contributed by atoms with van der Waals surface area (Å²) in [5.41, 5.74) is 3.24. The lowest BCUT2D eigenvalue weighted by atomic mass is 10.0. The van der Waals surface area contributed by atoms with Gasteiger partial charge < -0.3 is 10.1 Å². The highest BCUT2D eigenvalue weighted by molar-refractivity contribution is 5.81. The van der Waals surface area contributed by atoms with Crippen molar-refractivity contribution in [3.05, 3.63) is 53.1 Å². The molecule has 1 amide bonds. The summed E-state index contributed by atoms with van der Waals surface area (Å²) in [5.74, 6) is 1.59. The summed E-state index contributed by atoms with van der Waals surface area (Å²) < 4.78 is 5.21. The number of benzene rings is 1. The Morgan fingerprint density at radius 2 is 2.28 bits per heavy atom. The highest BCUT2D eigenvalue weighted by Crippen LogP contribution is 2.18. The van der Waals surface area contributed by atoms with Crippen LogP contribution in [0, 0.1) is 6.92 Å². The minimum Gasteiger partial charge on any atom is -0.497 e. The molecule has 1 atom stereocenters. The fourth-order valence-corrected chi connectivity index (χ4v) is 3.04. The standard InChI is InChI=1S/C19H24N4O2/c1-13(19(24)21-10-15-5-4-6-17(9-15)25-3)23-8-7-16-11-20-14(2)22-18(16)12-23/h4-6,9,11,13H,7-8,10,12H2,1-3H3,(H,21,24). The van der Waals surface area contributed by atoms with E-state index in [1.165, 1.54) is 5.56 Å². The molecule has 0 aliphatic carbocycles. The molecule has 1 unspecified atom stereocenters. The third kappa shape index (κ3) is 4.14. The van der Waals surface area contributed by atoms with Crippen molar-refractivity contribution in [2.75, 3.05) is 13.7 Å². The lowest BCUT2D eigenvalue weighted by Gasteiger charge is -2.32. The summed E-state index contributed by atoms with van der Waals surface area (Å²) in [6.07, 6.45) is 2.78. The summed E-state index contributed by atoms with van der Waals surface area (Å²) in [4.78, 5) is 23.5. The van der Waals surface area contributed by atoms with Crippen molar-refractivity contribution in [2.24, 2.45) is 0 Å². The van der Waals surface area contributed by atoms with Gasteiger partial charge in [0.05, 0.1) is 18.8 Å². The molecule has 6 nitrogen and oxygen atoms in total. The number of carbonyl (C=O) groups excluding carboxylic acids is 1. The van der Waals surface area contributed by atoms with E-state index in [2.05, 4.69) is 20.2 Å². The van der Waals surface area contributed by atoms with Gasteiger partial charge in [-0.1, -0.05) is 12.1 Å². The van der Waals surface area contributed by atoms with Crippen molar-refractivity contribution in [3.63, 3.8) is 0 Å². The first kappa shape index (κ1) is 17.4. The van der Waals surface area contributed by atoms with Gasteiger partial charge in [-0.3, -0.25) is 9.69 Å². The molecule has 0 saturated carbocycles. The summed E-state index contributed by atoms with van der Waals surface area (Å²) in [7, 11) is 1.64. The topological polar surface area (TPSA) is 67.3 Å². The van der Waals surface area contributed by atoms with E-state index < -0.39 is 0 Å². The minimum absolute atomic E-state index is 0.0250. The number of hydrogen-bond acceptors (Lipinski definition) is 5. The number of carbonyl (C=O) groups is 1. The molecule has 0 saturated heterocycles. The largest absolute Gasteiger partial charge is 0.497 e. The summed E-state index contributed by atoms with van der Waals surface area (Å²) >= 11 is 0. The van der Waals surface area contributed by atoms with Crippen molar-refractivity contribution in [1.29, 1.82) is 0 Å². The summed E-state index contributed by atoms with van der Waals surface area (Å²) in [6, 6.07) is 7.52. The molecule has 2 heterocycles. The highest BCUT2D eigenvalue weighted by atomic mass is 16.5. The second-order valence-corrected chi connectivity index (χ2v) is 6.35. The Balaban J connectivity index is 1.59. The molecular formula is C19H24N4O2. The van der Waals surface area contributed by atoms with E-state index >= 15 is 0 Å². The van der Waals surface area contributed by atoms with Gasteiger partial charge in [0.1, 0.15) is 11.6 Å². The lowest BCUT2D eigenvalue weighted by molar-refractivity contribution is -0.126. The van der Waals surface area contributed by atoms with Crippen molar-refractivity contribution in [3.8, 4) is 5.75 Å². The predicted molar refractivity (Wildman–Crippen MR) is 95.2 cm³/mol. The van der Waals surface area contributed by atoms with Crippen LogP contribution >= 0.6 is 0 Å². The van der Waals surface area contributed by atoms with E-state index in [0.717, 1.165) is 35.8 Å². The number of hydrogen-bond donors (Lipinski definition) is 1. The van der Waals surface area contributed by atoms with Crippen LogP contribution in [0.15, 0.2) is 30.5 Å². The maximum absolute atomic E-state index is 12.5. The van der Waals surface area contributed by atoms with Crippen molar-refractivity contribution < 1.29 is 9.53 Å². The zero-order chi connectivity index (χ0) is 17.8. The van der Waals surface area contributed by atoms with E-state index in [-0.39, 0.29) is 11.9 Å². The zero-order valence-corrected chi connectivity index (χ0v) is 15.0. The highest BCUT2D eigenvalue weighted by Gasteiger charge is 2.26. The second kappa shape index (κ2) is 7.61. The van der Waals surface area contributed by atoms with Crippen molar-refractivity contribution in [1.82, 2.24) is 20.2 Å². The predicted octanol–water partition coefficient (Wildman–Crippen LogP) is 1.86. The molecule has 1 aromatic heterocycles. The lowest BCUT2D eigenvalue weighted by Crippen LogP contribution is -2.47. The molecule has 132 valence electrons. The van der Waals surface area contributed by atoms with Crippen LogP contribution in [-0.2, 0) is 24.3 Å². The zero-order valence-electron chi connectivity index (χ0n) is 15.0. The van der Waals surface area contributed by atoms with Crippen LogP contribution in [0.2, 0.25) is 0 Å². The smallest absolute Gasteiger partial charge is 0.237 e. The van der Waals surface area contributed by atoms with E-state index in [0.29, 0.717) is 13.1 Å². The molecule has 0 bridgehead atoms. The molecule has 2 aromatic rings. The van der Waals surface area contributed by atoms with Crippen molar-refractivity contribution in [2.45, 2.75) is 39.4 Å². The average Bonchev–Trinajstić information content (AvgIpc) is 2.65. The molecule has 1 aliphatic heterocycles. The molecule has 1 aromatic carbocycles. The maximum atomic E-state index is 12.5. The van der Waals surface area contributed by atoms with Crippen LogP contribution < -0.4 is 10.1 Å². The van der Waals surface area contributed by atoms with Crippen LogP contribution in [0.4, 0.5) is 0 Å². The fraction of sp³-hybridized carbons (Fsp3) is 0.421. The van der Waals surface area contributed by atoms with Gasteiger partial charge >= 0.3 is 0 Å². The van der Waals surface area contributed by atoms with Crippen LogP contribution in [0.25, 0.3) is 0 Å². The normalized spacial score (nSPS) is 15.3. The minimum atomic E-state index is -0.200. The Labute approximate surface area is 148 Å². The van der Waals surface area contributed by atoms with Gasteiger partial charge in [-0.05, 0) is 43.5 Å². The quantitative estimate of drug-likeness (QED) is 0.900. The first-order valence-electron chi connectivity index (χ1n) is 8.53. The van der Waals surface area contributed by atoms with Gasteiger partial charge in [0.2, 0.25) is 5.91 Å². The number of rotatable bonds is 5. The number of nitrogens with zero attached hydrogens (tertiary/aromatic N) is 3. The number of methoxy groups -OCH3 is 1. The Morgan fingerprint density at radius 1 is 1.44 bits per heavy atom. The number of aromatic nitrogens is 2. The first-order chi connectivity index (χ1) is 12.1. The van der Waals surface area contributed by atoms with Crippen LogP contribution in [0.3, 0.4) is 0 Å². The van der Waals surface area contributed by atoms with Gasteiger partial charge in [-0.15, -0.1) is 0 Å². The molecule has 25 heavy (non-hydrogen) atoms. The number of amides is 1. The molecule has 1 N–H and O–H groups in total. The number of nitrogens with one attached hydrogen (secondary N) is 1. The van der Waals surface area contributed by atoms with Gasteiger partial charge in [0, 0.05) is 25.8 Å². The Hall–Kier alpha value is -2.47. The van der Waals surface area contributed by atoms with Gasteiger partial charge in [-0.2, -0.15) is 0 Å². The Morgan fingerprint density at radius 3 is 3.08 bits per heavy atom. The van der Waals surface area contributed by atoms with E-state index in [4.69, 9.17) is 4.74 Å². The Bertz CT molecular complexity index is 763. The van der Waals surface area contributed by atoms with E-state index in [9.17, 15) is 4.79 Å². The second-order valence-electron chi connectivity index (χ2n) is 6.35. The first-order valence-corrected chi connectivity index (χ1v) is 8.53. The molecule has 6 heteroatoms.